The first-order chi connectivity index (χ1) is 12.4. The molecule has 0 saturated carbocycles. The molecule has 0 amide bonds. The molecule has 1 N–H and O–H groups in total. The Bertz CT molecular complexity index is 777. The summed E-state index contributed by atoms with van der Waals surface area (Å²) in [7, 11) is 0. The third-order valence-electron chi connectivity index (χ3n) is 3.63. The van der Waals surface area contributed by atoms with E-state index in [0.29, 0.717) is 5.56 Å². The molecular formula is C18H22F3N3O2S. The quantitative estimate of drug-likeness (QED) is 0.735. The number of hydrogen-bond acceptors (Lipinski definition) is 5. The number of nitrogens with one attached hydrogen (secondary N) is 1. The summed E-state index contributed by atoms with van der Waals surface area (Å²) in [6.07, 6.45) is -1.91. The second-order valence-electron chi connectivity index (χ2n) is 7.09. The molecule has 2 rings (SSSR count). The highest BCUT2D eigenvalue weighted by atomic mass is 32.2. The molecule has 9 heteroatoms. The van der Waals surface area contributed by atoms with Crippen LogP contribution in [0.15, 0.2) is 30.6 Å². The number of aromatic nitrogens is 2. The summed E-state index contributed by atoms with van der Waals surface area (Å²) in [6.45, 7) is 9.28. The molecule has 0 fully saturated rings. The minimum atomic E-state index is -4.50. The predicted octanol–water partition coefficient (Wildman–Crippen LogP) is 4.71. The van der Waals surface area contributed by atoms with E-state index in [1.54, 1.807) is 13.1 Å². The van der Waals surface area contributed by atoms with Crippen molar-refractivity contribution < 1.29 is 22.5 Å². The van der Waals surface area contributed by atoms with Gasteiger partial charge in [-0.15, -0.1) is 4.72 Å². The molecule has 0 aliphatic heterocycles. The molecule has 0 spiro atoms. The average molecular weight is 401 g/mol. The van der Waals surface area contributed by atoms with Crippen molar-refractivity contribution in [1.29, 1.82) is 0 Å². The van der Waals surface area contributed by atoms with Crippen LogP contribution in [0.5, 0.6) is 11.6 Å². The van der Waals surface area contributed by atoms with Crippen LogP contribution in [0.1, 0.15) is 50.6 Å². The van der Waals surface area contributed by atoms with Crippen molar-refractivity contribution in [3.63, 3.8) is 0 Å². The zero-order valence-corrected chi connectivity index (χ0v) is 16.5. The summed E-state index contributed by atoms with van der Waals surface area (Å²) in [5.41, 5.74) is 0.534. The monoisotopic (exact) mass is 401 g/mol. The molecule has 2 aromatic rings. The molecule has 2 heterocycles. The topological polar surface area (TPSA) is 70.1 Å². The van der Waals surface area contributed by atoms with Gasteiger partial charge in [-0.1, -0.05) is 0 Å². The van der Waals surface area contributed by atoms with E-state index in [9.17, 15) is 17.7 Å². The van der Waals surface area contributed by atoms with Crippen LogP contribution < -0.4 is 9.46 Å². The molecular weight excluding hydrogens is 379 g/mol. The molecule has 0 aliphatic carbocycles. The lowest BCUT2D eigenvalue weighted by molar-refractivity contribution is -0.141. The Kier molecular flexibility index (Phi) is 6.39. The van der Waals surface area contributed by atoms with E-state index in [0.717, 1.165) is 17.8 Å². The first-order valence-corrected chi connectivity index (χ1v) is 9.38. The van der Waals surface area contributed by atoms with Gasteiger partial charge in [-0.05, 0) is 58.4 Å². The van der Waals surface area contributed by atoms with Crippen molar-refractivity contribution >= 4 is 11.4 Å². The largest absolute Gasteiger partial charge is 0.598 e. The maximum atomic E-state index is 12.6. The number of aryl methyl sites for hydroxylation is 1. The Balaban J connectivity index is 2.10. The molecule has 2 aromatic heterocycles. The van der Waals surface area contributed by atoms with Gasteiger partial charge in [0.1, 0.15) is 16.2 Å². The molecule has 2 atom stereocenters. The number of alkyl halides is 3. The van der Waals surface area contributed by atoms with Crippen LogP contribution in [0.25, 0.3) is 0 Å². The minimum absolute atomic E-state index is 0.159. The Morgan fingerprint density at radius 2 is 1.81 bits per heavy atom. The van der Waals surface area contributed by atoms with E-state index in [-0.39, 0.29) is 17.7 Å². The predicted molar refractivity (Wildman–Crippen MR) is 97.7 cm³/mol. The van der Waals surface area contributed by atoms with Crippen molar-refractivity contribution in [2.45, 2.75) is 51.6 Å². The summed E-state index contributed by atoms with van der Waals surface area (Å²) in [5, 5.41) is 0. The van der Waals surface area contributed by atoms with Crippen LogP contribution >= 0.6 is 0 Å². The fourth-order valence-corrected chi connectivity index (χ4v) is 2.86. The van der Waals surface area contributed by atoms with E-state index in [1.807, 2.05) is 33.8 Å². The molecule has 0 aliphatic rings. The van der Waals surface area contributed by atoms with Gasteiger partial charge in [0.15, 0.2) is 0 Å². The van der Waals surface area contributed by atoms with Gasteiger partial charge in [-0.2, -0.15) is 13.2 Å². The summed E-state index contributed by atoms with van der Waals surface area (Å²) < 4.78 is 58.0. The van der Waals surface area contributed by atoms with Crippen LogP contribution in [-0.4, -0.2) is 19.3 Å². The average Bonchev–Trinajstić information content (AvgIpc) is 2.55. The second-order valence-corrected chi connectivity index (χ2v) is 9.09. The van der Waals surface area contributed by atoms with Crippen LogP contribution in [0.2, 0.25) is 0 Å². The molecule has 0 aromatic carbocycles. The van der Waals surface area contributed by atoms with Crippen LogP contribution in [0, 0.1) is 6.92 Å². The number of hydrogen-bond donors (Lipinski definition) is 1. The van der Waals surface area contributed by atoms with Gasteiger partial charge < -0.3 is 9.29 Å². The highest BCUT2D eigenvalue weighted by Gasteiger charge is 2.32. The van der Waals surface area contributed by atoms with Gasteiger partial charge >= 0.3 is 6.18 Å². The van der Waals surface area contributed by atoms with E-state index >= 15 is 0 Å². The zero-order valence-electron chi connectivity index (χ0n) is 15.7. The summed E-state index contributed by atoms with van der Waals surface area (Å²) >= 11 is -1.23. The Hall–Kier alpha value is -1.84. The Labute approximate surface area is 159 Å². The SMILES string of the molecule is Cc1cc([C@@H](C)N[S+]([O-])C(C)(C)C)cnc1Oc1ccc(C(F)(F)F)nc1. The number of nitrogens with zero attached hydrogens (tertiary/aromatic N) is 2. The summed E-state index contributed by atoms with van der Waals surface area (Å²) in [4.78, 5) is 7.58. The van der Waals surface area contributed by atoms with Crippen molar-refractivity contribution in [2.75, 3.05) is 0 Å². The van der Waals surface area contributed by atoms with E-state index in [1.165, 1.54) is 6.07 Å². The third-order valence-corrected chi connectivity index (χ3v) is 5.31. The lowest BCUT2D eigenvalue weighted by Crippen LogP contribution is -2.40. The molecule has 27 heavy (non-hydrogen) atoms. The van der Waals surface area contributed by atoms with E-state index in [2.05, 4.69) is 14.7 Å². The normalized spacial score (nSPS) is 14.7. The van der Waals surface area contributed by atoms with Crippen molar-refractivity contribution in [3.8, 4) is 11.6 Å². The fraction of sp³-hybridized carbons (Fsp3) is 0.444. The minimum Gasteiger partial charge on any atom is -0.598 e. The van der Waals surface area contributed by atoms with Crippen LogP contribution in [0.4, 0.5) is 13.2 Å². The van der Waals surface area contributed by atoms with Crippen LogP contribution in [-0.2, 0) is 17.5 Å². The fourth-order valence-electron chi connectivity index (χ4n) is 2.05. The smallest absolute Gasteiger partial charge is 0.433 e. The first kappa shape index (κ1) is 21.5. The number of halogens is 3. The third kappa shape index (κ3) is 5.82. The van der Waals surface area contributed by atoms with Gasteiger partial charge in [0.2, 0.25) is 5.88 Å². The number of pyridine rings is 2. The summed E-state index contributed by atoms with van der Waals surface area (Å²) in [6, 6.07) is 3.68. The molecule has 5 nitrogen and oxygen atoms in total. The molecule has 0 bridgehead atoms. The summed E-state index contributed by atoms with van der Waals surface area (Å²) in [5.74, 6) is 0.427. The maximum Gasteiger partial charge on any atom is 0.433 e. The Morgan fingerprint density at radius 1 is 1.15 bits per heavy atom. The van der Waals surface area contributed by atoms with E-state index < -0.39 is 28.0 Å². The molecule has 148 valence electrons. The van der Waals surface area contributed by atoms with Crippen molar-refractivity contribution in [2.24, 2.45) is 0 Å². The van der Waals surface area contributed by atoms with Gasteiger partial charge in [0, 0.05) is 23.1 Å². The first-order valence-electron chi connectivity index (χ1n) is 8.23. The molecule has 1 unspecified atom stereocenters. The van der Waals surface area contributed by atoms with Crippen LogP contribution in [0.3, 0.4) is 0 Å². The van der Waals surface area contributed by atoms with Gasteiger partial charge in [0.05, 0.1) is 12.2 Å². The second kappa shape index (κ2) is 8.04. The van der Waals surface area contributed by atoms with Gasteiger partial charge in [-0.25, -0.2) is 9.97 Å². The molecule has 0 radical (unpaired) electrons. The number of rotatable bonds is 5. The van der Waals surface area contributed by atoms with Gasteiger partial charge in [0.25, 0.3) is 0 Å². The Morgan fingerprint density at radius 3 is 2.30 bits per heavy atom. The van der Waals surface area contributed by atoms with Gasteiger partial charge in [-0.3, -0.25) is 0 Å². The lowest BCUT2D eigenvalue weighted by atomic mass is 10.1. The maximum absolute atomic E-state index is 12.6. The standard InChI is InChI=1S/C18H22F3N3O2S/c1-11-8-13(12(2)24-27(25)17(3,4)5)9-23-16(11)26-14-6-7-15(22-10-14)18(19,20)21/h6-10,12,24H,1-5H3/t12-,27?/m1/s1. The highest BCUT2D eigenvalue weighted by molar-refractivity contribution is 7.90. The zero-order chi connectivity index (χ0) is 20.4. The highest BCUT2D eigenvalue weighted by Crippen LogP contribution is 2.30. The number of ether oxygens (including phenoxy) is 1. The lowest BCUT2D eigenvalue weighted by Gasteiger charge is -2.26. The van der Waals surface area contributed by atoms with Crippen molar-refractivity contribution in [3.05, 3.63) is 47.4 Å². The van der Waals surface area contributed by atoms with E-state index in [4.69, 9.17) is 4.74 Å². The van der Waals surface area contributed by atoms with Crippen molar-refractivity contribution in [1.82, 2.24) is 14.7 Å². The molecule has 0 saturated heterocycles.